The number of nitrogens with zero attached hydrogens (tertiary/aromatic N) is 1. The highest BCUT2D eigenvalue weighted by Gasteiger charge is 2.30. The van der Waals surface area contributed by atoms with Gasteiger partial charge in [0, 0.05) is 13.1 Å². The van der Waals surface area contributed by atoms with Crippen molar-refractivity contribution in [3.05, 3.63) is 0 Å². The summed E-state index contributed by atoms with van der Waals surface area (Å²) in [5, 5.41) is 3.11. The SMILES string of the molecule is CCNC(C)(CCN1CCCS(=O)(=O)CC1)C(N)=O. The molecule has 1 fully saturated rings. The highest BCUT2D eigenvalue weighted by atomic mass is 32.2. The molecule has 6 nitrogen and oxygen atoms in total. The third-order valence-corrected chi connectivity index (χ3v) is 5.40. The molecule has 1 heterocycles. The van der Waals surface area contributed by atoms with E-state index < -0.39 is 15.4 Å². The van der Waals surface area contributed by atoms with Gasteiger partial charge in [-0.2, -0.15) is 0 Å². The summed E-state index contributed by atoms with van der Waals surface area (Å²) in [5.74, 6) is 0.113. The Morgan fingerprint density at radius 2 is 2.05 bits per heavy atom. The first-order valence-electron chi connectivity index (χ1n) is 6.77. The number of carbonyl (C=O) groups is 1. The van der Waals surface area contributed by atoms with Gasteiger partial charge in [0.15, 0.2) is 9.84 Å². The first-order valence-corrected chi connectivity index (χ1v) is 8.59. The van der Waals surface area contributed by atoms with Gasteiger partial charge in [-0.3, -0.25) is 4.79 Å². The van der Waals surface area contributed by atoms with Gasteiger partial charge in [-0.1, -0.05) is 6.92 Å². The van der Waals surface area contributed by atoms with E-state index in [1.165, 1.54) is 0 Å². The number of carbonyl (C=O) groups excluding carboxylic acids is 1. The van der Waals surface area contributed by atoms with Crippen LogP contribution in [0, 0.1) is 0 Å². The average molecular weight is 291 g/mol. The van der Waals surface area contributed by atoms with Gasteiger partial charge in [0.2, 0.25) is 5.91 Å². The maximum Gasteiger partial charge on any atom is 0.237 e. The lowest BCUT2D eigenvalue weighted by atomic mass is 9.96. The minimum absolute atomic E-state index is 0.210. The minimum atomic E-state index is -2.88. The molecular formula is C12H25N3O3S. The van der Waals surface area contributed by atoms with Crippen LogP contribution in [0.2, 0.25) is 0 Å². The molecule has 1 rings (SSSR count). The smallest absolute Gasteiger partial charge is 0.237 e. The topological polar surface area (TPSA) is 92.5 Å². The maximum absolute atomic E-state index is 11.5. The molecule has 1 unspecified atom stereocenters. The fourth-order valence-corrected chi connectivity index (χ4v) is 3.59. The predicted octanol–water partition coefficient (Wildman–Crippen LogP) is -0.649. The summed E-state index contributed by atoms with van der Waals surface area (Å²) < 4.78 is 23.0. The fraction of sp³-hybridized carbons (Fsp3) is 0.917. The van der Waals surface area contributed by atoms with Crippen LogP contribution in [0.15, 0.2) is 0 Å². The van der Waals surface area contributed by atoms with Crippen LogP contribution in [0.4, 0.5) is 0 Å². The normalized spacial score (nSPS) is 23.5. The largest absolute Gasteiger partial charge is 0.368 e. The van der Waals surface area contributed by atoms with E-state index in [4.69, 9.17) is 5.73 Å². The zero-order valence-electron chi connectivity index (χ0n) is 11.8. The molecule has 1 amide bonds. The standard InChI is InChI=1S/C12H25N3O3S/c1-3-14-12(2,11(13)16)5-7-15-6-4-9-19(17,18)10-8-15/h14H,3-10H2,1-2H3,(H2,13,16). The number of amides is 1. The third-order valence-electron chi connectivity index (χ3n) is 3.69. The van der Waals surface area contributed by atoms with E-state index >= 15 is 0 Å². The van der Waals surface area contributed by atoms with Crippen LogP contribution in [0.3, 0.4) is 0 Å². The van der Waals surface area contributed by atoms with Crippen molar-refractivity contribution < 1.29 is 13.2 Å². The van der Waals surface area contributed by atoms with E-state index in [2.05, 4.69) is 10.2 Å². The Morgan fingerprint density at radius 3 is 2.63 bits per heavy atom. The average Bonchev–Trinajstić information content (AvgIpc) is 2.48. The van der Waals surface area contributed by atoms with Gasteiger partial charge < -0.3 is 16.0 Å². The van der Waals surface area contributed by atoms with Gasteiger partial charge in [-0.25, -0.2) is 8.42 Å². The molecule has 0 aromatic heterocycles. The van der Waals surface area contributed by atoms with E-state index in [1.807, 2.05) is 6.92 Å². The quantitative estimate of drug-likeness (QED) is 0.678. The van der Waals surface area contributed by atoms with E-state index in [-0.39, 0.29) is 17.4 Å². The van der Waals surface area contributed by atoms with Crippen LogP contribution < -0.4 is 11.1 Å². The van der Waals surface area contributed by atoms with Crippen molar-refractivity contribution in [3.63, 3.8) is 0 Å². The molecule has 0 saturated carbocycles. The van der Waals surface area contributed by atoms with E-state index in [9.17, 15) is 13.2 Å². The van der Waals surface area contributed by atoms with Crippen LogP contribution in [0.5, 0.6) is 0 Å². The van der Waals surface area contributed by atoms with E-state index in [1.54, 1.807) is 6.92 Å². The van der Waals surface area contributed by atoms with Gasteiger partial charge in [0.1, 0.15) is 0 Å². The van der Waals surface area contributed by atoms with Crippen molar-refractivity contribution in [3.8, 4) is 0 Å². The Hall–Kier alpha value is -0.660. The second-order valence-corrected chi connectivity index (χ2v) is 7.63. The number of nitrogens with two attached hydrogens (primary N) is 1. The zero-order chi connectivity index (χ0) is 14.5. The molecule has 7 heteroatoms. The van der Waals surface area contributed by atoms with Gasteiger partial charge in [-0.05, 0) is 32.9 Å². The fourth-order valence-electron chi connectivity index (χ4n) is 2.28. The summed E-state index contributed by atoms with van der Waals surface area (Å²) in [7, 11) is -2.88. The molecular weight excluding hydrogens is 266 g/mol. The first kappa shape index (κ1) is 16.4. The molecule has 3 N–H and O–H groups in total. The van der Waals surface area contributed by atoms with Crippen molar-refractivity contribution in [1.82, 2.24) is 10.2 Å². The molecule has 112 valence electrons. The lowest BCUT2D eigenvalue weighted by Gasteiger charge is -2.30. The Morgan fingerprint density at radius 1 is 1.37 bits per heavy atom. The summed E-state index contributed by atoms with van der Waals surface area (Å²) >= 11 is 0. The number of likely N-dealkylation sites (N-methyl/N-ethyl adjacent to an activating group) is 1. The summed E-state index contributed by atoms with van der Waals surface area (Å²) in [6, 6.07) is 0. The second-order valence-electron chi connectivity index (χ2n) is 5.32. The molecule has 0 aromatic carbocycles. The lowest BCUT2D eigenvalue weighted by molar-refractivity contribution is -0.124. The molecule has 1 saturated heterocycles. The van der Waals surface area contributed by atoms with Crippen LogP contribution in [0.1, 0.15) is 26.7 Å². The second kappa shape index (κ2) is 6.67. The molecule has 1 atom stereocenters. The van der Waals surface area contributed by atoms with Crippen LogP contribution in [-0.4, -0.2) is 62.4 Å². The van der Waals surface area contributed by atoms with Crippen molar-refractivity contribution in [2.75, 3.05) is 37.7 Å². The summed E-state index contributed by atoms with van der Waals surface area (Å²) in [4.78, 5) is 13.6. The Bertz CT molecular complexity index is 410. The number of rotatable bonds is 6. The number of primary amides is 1. The Labute approximate surface area is 115 Å². The van der Waals surface area contributed by atoms with Crippen LogP contribution >= 0.6 is 0 Å². The molecule has 0 spiro atoms. The van der Waals surface area contributed by atoms with Gasteiger partial charge >= 0.3 is 0 Å². The molecule has 19 heavy (non-hydrogen) atoms. The predicted molar refractivity (Wildman–Crippen MR) is 75.6 cm³/mol. The van der Waals surface area contributed by atoms with Gasteiger partial charge in [-0.15, -0.1) is 0 Å². The number of hydrogen-bond donors (Lipinski definition) is 2. The van der Waals surface area contributed by atoms with Crippen LogP contribution in [0.25, 0.3) is 0 Å². The molecule has 0 bridgehead atoms. The summed E-state index contributed by atoms with van der Waals surface area (Å²) in [5.41, 5.74) is 4.71. The lowest BCUT2D eigenvalue weighted by Crippen LogP contribution is -2.54. The molecule has 0 aliphatic carbocycles. The Balaban J connectivity index is 2.53. The molecule has 1 aliphatic heterocycles. The van der Waals surface area contributed by atoms with Crippen molar-refractivity contribution in [2.45, 2.75) is 32.2 Å². The minimum Gasteiger partial charge on any atom is -0.368 e. The zero-order valence-corrected chi connectivity index (χ0v) is 12.6. The molecule has 1 aliphatic rings. The van der Waals surface area contributed by atoms with Gasteiger partial charge in [0.25, 0.3) is 0 Å². The number of nitrogens with one attached hydrogen (secondary N) is 1. The van der Waals surface area contributed by atoms with E-state index in [0.29, 0.717) is 32.5 Å². The summed E-state index contributed by atoms with van der Waals surface area (Å²) in [6.45, 7) is 6.40. The van der Waals surface area contributed by atoms with Crippen molar-refractivity contribution in [1.29, 1.82) is 0 Å². The highest BCUT2D eigenvalue weighted by molar-refractivity contribution is 7.91. The highest BCUT2D eigenvalue weighted by Crippen LogP contribution is 2.12. The van der Waals surface area contributed by atoms with E-state index in [0.717, 1.165) is 6.54 Å². The first-order chi connectivity index (χ1) is 8.79. The third kappa shape index (κ3) is 5.08. The summed E-state index contributed by atoms with van der Waals surface area (Å²) in [6.07, 6.45) is 1.26. The molecule has 0 aromatic rings. The van der Waals surface area contributed by atoms with Crippen molar-refractivity contribution in [2.24, 2.45) is 5.73 Å². The maximum atomic E-state index is 11.5. The number of sulfone groups is 1. The van der Waals surface area contributed by atoms with Gasteiger partial charge in [0.05, 0.1) is 17.0 Å². The Kier molecular flexibility index (Phi) is 5.76. The van der Waals surface area contributed by atoms with Crippen LogP contribution in [-0.2, 0) is 14.6 Å². The monoisotopic (exact) mass is 291 g/mol. The molecule has 0 radical (unpaired) electrons. The number of hydrogen-bond acceptors (Lipinski definition) is 5. The van der Waals surface area contributed by atoms with Crippen molar-refractivity contribution >= 4 is 15.7 Å².